The molecule has 0 radical (unpaired) electrons. The standard InChI is InChI=1S/C6H7Br2NO2S2/c1-9(2)13(10,11)5-3-4(7)6(8)12-5/h3H,1-2H3. The Hall–Kier alpha value is 0.570. The van der Waals surface area contributed by atoms with Gasteiger partial charge in [-0.2, -0.15) is 0 Å². The van der Waals surface area contributed by atoms with Gasteiger partial charge in [-0.15, -0.1) is 11.3 Å². The minimum atomic E-state index is -3.29. The van der Waals surface area contributed by atoms with Crippen molar-refractivity contribution in [3.8, 4) is 0 Å². The highest BCUT2D eigenvalue weighted by Gasteiger charge is 2.20. The normalized spacial score (nSPS) is 12.4. The molecule has 0 aliphatic carbocycles. The Morgan fingerprint density at radius 1 is 1.38 bits per heavy atom. The second kappa shape index (κ2) is 3.98. The van der Waals surface area contributed by atoms with Gasteiger partial charge in [0.25, 0.3) is 10.0 Å². The SMILES string of the molecule is CN(C)S(=O)(=O)c1cc(Br)c(Br)s1. The molecule has 1 aromatic heterocycles. The van der Waals surface area contributed by atoms with E-state index < -0.39 is 10.0 Å². The molecule has 1 aromatic rings. The fraction of sp³-hybridized carbons (Fsp3) is 0.333. The predicted molar refractivity (Wildman–Crippen MR) is 60.6 cm³/mol. The zero-order valence-corrected chi connectivity index (χ0v) is 11.7. The van der Waals surface area contributed by atoms with Crippen LogP contribution >= 0.6 is 43.2 Å². The van der Waals surface area contributed by atoms with Gasteiger partial charge in [0.15, 0.2) is 0 Å². The quantitative estimate of drug-likeness (QED) is 0.823. The van der Waals surface area contributed by atoms with E-state index >= 15 is 0 Å². The van der Waals surface area contributed by atoms with Gasteiger partial charge in [0.2, 0.25) is 0 Å². The van der Waals surface area contributed by atoms with Gasteiger partial charge in [0.05, 0.1) is 3.79 Å². The van der Waals surface area contributed by atoms with Crippen molar-refractivity contribution in [1.82, 2.24) is 4.31 Å². The van der Waals surface area contributed by atoms with Crippen LogP contribution in [0.5, 0.6) is 0 Å². The van der Waals surface area contributed by atoms with E-state index in [1.807, 2.05) is 0 Å². The molecular weight excluding hydrogens is 342 g/mol. The maximum absolute atomic E-state index is 11.6. The van der Waals surface area contributed by atoms with Crippen molar-refractivity contribution in [2.75, 3.05) is 14.1 Å². The van der Waals surface area contributed by atoms with Crippen LogP contribution < -0.4 is 0 Å². The molecule has 1 rings (SSSR count). The topological polar surface area (TPSA) is 37.4 Å². The Morgan fingerprint density at radius 3 is 2.23 bits per heavy atom. The van der Waals surface area contributed by atoms with Crippen molar-refractivity contribution in [2.24, 2.45) is 0 Å². The van der Waals surface area contributed by atoms with E-state index in [0.29, 0.717) is 4.21 Å². The van der Waals surface area contributed by atoms with Gasteiger partial charge in [-0.3, -0.25) is 0 Å². The first kappa shape index (κ1) is 11.6. The van der Waals surface area contributed by atoms with Gasteiger partial charge < -0.3 is 0 Å². The minimum Gasteiger partial charge on any atom is -0.206 e. The average Bonchev–Trinajstić information content (AvgIpc) is 2.32. The molecule has 13 heavy (non-hydrogen) atoms. The van der Waals surface area contributed by atoms with Gasteiger partial charge in [-0.1, -0.05) is 0 Å². The Balaban J connectivity index is 3.24. The molecular formula is C6H7Br2NO2S2. The van der Waals surface area contributed by atoms with Crippen LogP contribution in [0.3, 0.4) is 0 Å². The molecule has 0 aliphatic rings. The molecule has 1 heterocycles. The summed E-state index contributed by atoms with van der Waals surface area (Å²) in [6.45, 7) is 0. The lowest BCUT2D eigenvalue weighted by molar-refractivity contribution is 0.523. The fourth-order valence-corrected chi connectivity index (χ4v) is 4.62. The van der Waals surface area contributed by atoms with Gasteiger partial charge in [0.1, 0.15) is 4.21 Å². The molecule has 74 valence electrons. The number of rotatable bonds is 2. The number of sulfonamides is 1. The number of nitrogens with zero attached hydrogens (tertiary/aromatic N) is 1. The van der Waals surface area contributed by atoms with Crippen molar-refractivity contribution in [3.05, 3.63) is 14.3 Å². The van der Waals surface area contributed by atoms with E-state index in [1.54, 1.807) is 6.07 Å². The van der Waals surface area contributed by atoms with Crippen LogP contribution in [-0.4, -0.2) is 26.8 Å². The summed E-state index contributed by atoms with van der Waals surface area (Å²) in [5, 5.41) is 0. The van der Waals surface area contributed by atoms with E-state index in [-0.39, 0.29) is 0 Å². The highest BCUT2D eigenvalue weighted by atomic mass is 79.9. The average molecular weight is 349 g/mol. The molecule has 0 atom stereocenters. The lowest BCUT2D eigenvalue weighted by Gasteiger charge is -2.07. The van der Waals surface area contributed by atoms with Crippen LogP contribution in [0.2, 0.25) is 0 Å². The number of halogens is 2. The maximum atomic E-state index is 11.6. The molecule has 0 aliphatic heterocycles. The molecule has 3 nitrogen and oxygen atoms in total. The Kier molecular flexibility index (Phi) is 3.56. The fourth-order valence-electron chi connectivity index (χ4n) is 0.634. The first-order valence-corrected chi connectivity index (χ1v) is 7.07. The molecule has 7 heteroatoms. The second-order valence-corrected chi connectivity index (χ2v) is 8.08. The van der Waals surface area contributed by atoms with Gasteiger partial charge in [0, 0.05) is 18.6 Å². The number of hydrogen-bond donors (Lipinski definition) is 0. The lowest BCUT2D eigenvalue weighted by atomic mass is 10.7. The Labute approximate surface area is 98.1 Å². The summed E-state index contributed by atoms with van der Waals surface area (Å²) in [5.41, 5.74) is 0. The van der Waals surface area contributed by atoms with Crippen molar-refractivity contribution >= 4 is 53.2 Å². The summed E-state index contributed by atoms with van der Waals surface area (Å²) in [5.74, 6) is 0. The Morgan fingerprint density at radius 2 is 1.92 bits per heavy atom. The lowest BCUT2D eigenvalue weighted by Crippen LogP contribution is -2.21. The number of hydrogen-bond acceptors (Lipinski definition) is 3. The highest BCUT2D eigenvalue weighted by Crippen LogP contribution is 2.35. The molecule has 0 N–H and O–H groups in total. The van der Waals surface area contributed by atoms with Crippen LogP contribution in [0.4, 0.5) is 0 Å². The van der Waals surface area contributed by atoms with E-state index in [9.17, 15) is 8.42 Å². The first-order valence-electron chi connectivity index (χ1n) is 3.23. The molecule has 0 unspecified atom stereocenters. The zero-order valence-electron chi connectivity index (χ0n) is 6.91. The molecule has 0 spiro atoms. The van der Waals surface area contributed by atoms with Crippen LogP contribution in [0.1, 0.15) is 0 Å². The van der Waals surface area contributed by atoms with Crippen LogP contribution in [0, 0.1) is 0 Å². The monoisotopic (exact) mass is 347 g/mol. The summed E-state index contributed by atoms with van der Waals surface area (Å²) in [4.78, 5) is 0. The minimum absolute atomic E-state index is 0.330. The molecule has 0 amide bonds. The van der Waals surface area contributed by atoms with Crippen molar-refractivity contribution < 1.29 is 8.42 Å². The Bertz CT molecular complexity index is 391. The third kappa shape index (κ3) is 2.33. The summed E-state index contributed by atoms with van der Waals surface area (Å²) < 4.78 is 26.3. The molecule has 0 fully saturated rings. The summed E-state index contributed by atoms with van der Waals surface area (Å²) in [6, 6.07) is 1.59. The smallest absolute Gasteiger partial charge is 0.206 e. The second-order valence-electron chi connectivity index (χ2n) is 2.47. The van der Waals surface area contributed by atoms with Gasteiger partial charge in [-0.25, -0.2) is 12.7 Å². The third-order valence-corrected chi connectivity index (χ3v) is 6.88. The molecule has 0 saturated carbocycles. The summed E-state index contributed by atoms with van der Waals surface area (Å²) >= 11 is 7.67. The van der Waals surface area contributed by atoms with E-state index in [4.69, 9.17) is 0 Å². The van der Waals surface area contributed by atoms with E-state index in [2.05, 4.69) is 31.9 Å². The highest BCUT2D eigenvalue weighted by molar-refractivity contribution is 9.13. The maximum Gasteiger partial charge on any atom is 0.252 e. The largest absolute Gasteiger partial charge is 0.252 e. The van der Waals surface area contributed by atoms with Crippen LogP contribution in [-0.2, 0) is 10.0 Å². The summed E-state index contributed by atoms with van der Waals surface area (Å²) in [6.07, 6.45) is 0. The van der Waals surface area contributed by atoms with Gasteiger partial charge >= 0.3 is 0 Å². The molecule has 0 bridgehead atoms. The predicted octanol–water partition coefficient (Wildman–Crippen LogP) is 2.52. The third-order valence-electron chi connectivity index (χ3n) is 1.36. The van der Waals surface area contributed by atoms with Crippen LogP contribution in [0.25, 0.3) is 0 Å². The first-order chi connectivity index (χ1) is 5.85. The summed E-state index contributed by atoms with van der Waals surface area (Å²) in [7, 11) is -0.265. The zero-order chi connectivity index (χ0) is 10.2. The van der Waals surface area contributed by atoms with Crippen LogP contribution in [0.15, 0.2) is 18.5 Å². The number of thiophene rings is 1. The van der Waals surface area contributed by atoms with Crippen molar-refractivity contribution in [2.45, 2.75) is 4.21 Å². The molecule has 0 saturated heterocycles. The molecule has 0 aromatic carbocycles. The van der Waals surface area contributed by atoms with Gasteiger partial charge in [-0.05, 0) is 37.9 Å². The van der Waals surface area contributed by atoms with Crippen molar-refractivity contribution in [3.63, 3.8) is 0 Å². The van der Waals surface area contributed by atoms with E-state index in [0.717, 1.165) is 8.26 Å². The van der Waals surface area contributed by atoms with Crippen molar-refractivity contribution in [1.29, 1.82) is 0 Å². The van der Waals surface area contributed by atoms with E-state index in [1.165, 1.54) is 29.7 Å².